The van der Waals surface area contributed by atoms with Gasteiger partial charge in [-0.15, -0.1) is 0 Å². The minimum atomic E-state index is -4.77. The molecule has 0 amide bonds. The van der Waals surface area contributed by atoms with Crippen LogP contribution in [-0.2, 0) is 15.7 Å². The molecule has 0 heterocycles. The van der Waals surface area contributed by atoms with Crippen LogP contribution in [0.3, 0.4) is 0 Å². The molecule has 0 spiro atoms. The Morgan fingerprint density at radius 2 is 1.83 bits per heavy atom. The fourth-order valence-electron chi connectivity index (χ4n) is 2.44. The van der Waals surface area contributed by atoms with Crippen molar-refractivity contribution in [3.05, 3.63) is 47.5 Å². The molecule has 2 rings (SSSR count). The third kappa shape index (κ3) is 3.56. The third-order valence-corrected chi connectivity index (χ3v) is 3.58. The Kier molecular flexibility index (Phi) is 5.23. The van der Waals surface area contributed by atoms with Crippen molar-refractivity contribution in [2.24, 2.45) is 5.92 Å². The predicted octanol–water partition coefficient (Wildman–Crippen LogP) is 3.78. The van der Waals surface area contributed by atoms with Crippen molar-refractivity contribution in [1.82, 2.24) is 0 Å². The van der Waals surface area contributed by atoms with E-state index in [4.69, 9.17) is 4.74 Å². The lowest BCUT2D eigenvalue weighted by molar-refractivity contribution is -0.142. The van der Waals surface area contributed by atoms with E-state index in [9.17, 15) is 27.9 Å². The molecule has 0 aliphatic carbocycles. The molecule has 0 saturated heterocycles. The van der Waals surface area contributed by atoms with Gasteiger partial charge in [0.2, 0.25) is 0 Å². The zero-order valence-corrected chi connectivity index (χ0v) is 12.8. The molecule has 4 nitrogen and oxygen atoms in total. The fraction of sp³-hybridized carbons (Fsp3) is 0.294. The Morgan fingerprint density at radius 1 is 1.17 bits per heavy atom. The monoisotopic (exact) mass is 340 g/mol. The minimum Gasteiger partial charge on any atom is -0.481 e. The highest BCUT2D eigenvalue weighted by molar-refractivity contribution is 6.16. The molecule has 7 heteroatoms. The van der Waals surface area contributed by atoms with Crippen LogP contribution in [0.4, 0.5) is 13.2 Å². The number of hydrogen-bond donors (Lipinski definition) is 1. The summed E-state index contributed by atoms with van der Waals surface area (Å²) in [6.45, 7) is 1.27. The summed E-state index contributed by atoms with van der Waals surface area (Å²) in [4.78, 5) is 23.9. The van der Waals surface area contributed by atoms with Crippen molar-refractivity contribution in [3.8, 4) is 0 Å². The summed E-state index contributed by atoms with van der Waals surface area (Å²) < 4.78 is 44.9. The lowest BCUT2D eigenvalue weighted by atomic mass is 9.89. The highest BCUT2D eigenvalue weighted by Gasteiger charge is 2.39. The van der Waals surface area contributed by atoms with E-state index in [0.29, 0.717) is 5.39 Å². The third-order valence-electron chi connectivity index (χ3n) is 3.58. The molecule has 0 radical (unpaired) electrons. The van der Waals surface area contributed by atoms with Crippen LogP contribution in [0.5, 0.6) is 0 Å². The highest BCUT2D eigenvalue weighted by atomic mass is 19.4. The van der Waals surface area contributed by atoms with Crippen LogP contribution in [0.2, 0.25) is 0 Å². The number of aliphatic carboxylic acids is 1. The molecular weight excluding hydrogens is 325 g/mol. The number of carboxylic acid groups (broad SMARTS) is 1. The zero-order chi connectivity index (χ0) is 17.9. The number of hydrogen-bond acceptors (Lipinski definition) is 3. The standard InChI is InChI=1S/C17H15F3O4/c1-2-24-9-12(16(22)23)15(21)14-11-6-4-3-5-10(11)7-8-13(14)17(18,19)20/h3-8,12H,2,9H2,1H3,(H,22,23). The van der Waals surface area contributed by atoms with E-state index >= 15 is 0 Å². The van der Waals surface area contributed by atoms with Gasteiger partial charge < -0.3 is 9.84 Å². The Labute approximate surface area is 135 Å². The fourth-order valence-corrected chi connectivity index (χ4v) is 2.44. The Balaban J connectivity index is 2.67. The molecule has 1 unspecified atom stereocenters. The van der Waals surface area contributed by atoms with Crippen molar-refractivity contribution in [1.29, 1.82) is 0 Å². The largest absolute Gasteiger partial charge is 0.481 e. The van der Waals surface area contributed by atoms with E-state index in [1.165, 1.54) is 18.2 Å². The summed E-state index contributed by atoms with van der Waals surface area (Å²) in [6.07, 6.45) is -4.77. The second-order valence-corrected chi connectivity index (χ2v) is 5.12. The first-order valence-electron chi connectivity index (χ1n) is 7.21. The molecule has 2 aromatic carbocycles. The second kappa shape index (κ2) is 7.00. The molecule has 1 atom stereocenters. The van der Waals surface area contributed by atoms with E-state index < -0.39 is 41.6 Å². The van der Waals surface area contributed by atoms with Crippen LogP contribution in [0.25, 0.3) is 10.8 Å². The van der Waals surface area contributed by atoms with Gasteiger partial charge in [0.15, 0.2) is 5.78 Å². The number of benzene rings is 2. The van der Waals surface area contributed by atoms with Crippen molar-refractivity contribution in [2.45, 2.75) is 13.1 Å². The minimum absolute atomic E-state index is 0.0695. The summed E-state index contributed by atoms with van der Waals surface area (Å²) in [6, 6.07) is 8.11. The molecule has 0 aliphatic heterocycles. The molecule has 0 saturated carbocycles. The molecule has 1 N–H and O–H groups in total. The number of carbonyl (C=O) groups excluding carboxylic acids is 1. The maximum Gasteiger partial charge on any atom is 0.417 e. The number of alkyl halides is 3. The molecule has 0 fully saturated rings. The van der Waals surface area contributed by atoms with Gasteiger partial charge in [-0.25, -0.2) is 0 Å². The Bertz CT molecular complexity index is 768. The predicted molar refractivity (Wildman–Crippen MR) is 80.9 cm³/mol. The Morgan fingerprint density at radius 3 is 2.42 bits per heavy atom. The molecule has 0 aliphatic rings. The maximum absolute atomic E-state index is 13.3. The summed E-state index contributed by atoms with van der Waals surface area (Å²) in [5, 5.41) is 9.71. The molecule has 2 aromatic rings. The van der Waals surface area contributed by atoms with E-state index in [0.717, 1.165) is 6.07 Å². The van der Waals surface area contributed by atoms with Crippen molar-refractivity contribution < 1.29 is 32.6 Å². The summed E-state index contributed by atoms with van der Waals surface area (Å²) in [7, 11) is 0. The first-order valence-corrected chi connectivity index (χ1v) is 7.21. The van der Waals surface area contributed by atoms with Crippen LogP contribution in [0.15, 0.2) is 36.4 Å². The lowest BCUT2D eigenvalue weighted by Crippen LogP contribution is -2.30. The normalized spacial score (nSPS) is 13.0. The highest BCUT2D eigenvalue weighted by Crippen LogP contribution is 2.36. The van der Waals surface area contributed by atoms with E-state index in [2.05, 4.69) is 0 Å². The van der Waals surface area contributed by atoms with Gasteiger partial charge in [-0.05, 0) is 23.8 Å². The van der Waals surface area contributed by atoms with Crippen LogP contribution in [0, 0.1) is 5.92 Å². The first kappa shape index (κ1) is 17.9. The van der Waals surface area contributed by atoms with Crippen molar-refractivity contribution in [2.75, 3.05) is 13.2 Å². The zero-order valence-electron chi connectivity index (χ0n) is 12.8. The van der Waals surface area contributed by atoms with Gasteiger partial charge in [0.1, 0.15) is 5.92 Å². The summed E-state index contributed by atoms with van der Waals surface area (Å²) in [5.41, 5.74) is -1.78. The number of fused-ring (bicyclic) bond motifs is 1. The molecule has 0 bridgehead atoms. The summed E-state index contributed by atoms with van der Waals surface area (Å²) >= 11 is 0. The average Bonchev–Trinajstić information content (AvgIpc) is 2.52. The van der Waals surface area contributed by atoms with E-state index in [1.54, 1.807) is 19.1 Å². The van der Waals surface area contributed by atoms with Crippen LogP contribution >= 0.6 is 0 Å². The van der Waals surface area contributed by atoms with Gasteiger partial charge in [0.05, 0.1) is 12.2 Å². The number of rotatable bonds is 6. The number of carboxylic acids is 1. The van der Waals surface area contributed by atoms with Crippen LogP contribution in [-0.4, -0.2) is 30.1 Å². The molecule has 0 aromatic heterocycles. The van der Waals surface area contributed by atoms with E-state index in [1.807, 2.05) is 0 Å². The van der Waals surface area contributed by atoms with Gasteiger partial charge in [-0.3, -0.25) is 9.59 Å². The van der Waals surface area contributed by atoms with Crippen molar-refractivity contribution in [3.63, 3.8) is 0 Å². The van der Waals surface area contributed by atoms with Gasteiger partial charge in [0.25, 0.3) is 0 Å². The number of carbonyl (C=O) groups is 2. The maximum atomic E-state index is 13.3. The molecular formula is C17H15F3O4. The number of ether oxygens (including phenoxy) is 1. The van der Waals surface area contributed by atoms with Gasteiger partial charge in [-0.2, -0.15) is 13.2 Å². The first-order chi connectivity index (χ1) is 11.3. The van der Waals surface area contributed by atoms with Gasteiger partial charge in [0, 0.05) is 12.2 Å². The topological polar surface area (TPSA) is 63.6 Å². The second-order valence-electron chi connectivity index (χ2n) is 5.12. The summed E-state index contributed by atoms with van der Waals surface area (Å²) in [5.74, 6) is -4.33. The smallest absolute Gasteiger partial charge is 0.417 e. The van der Waals surface area contributed by atoms with Gasteiger partial charge >= 0.3 is 12.1 Å². The molecule has 128 valence electrons. The number of halogens is 3. The van der Waals surface area contributed by atoms with Crippen molar-refractivity contribution >= 4 is 22.5 Å². The van der Waals surface area contributed by atoms with E-state index in [-0.39, 0.29) is 12.0 Å². The lowest BCUT2D eigenvalue weighted by Gasteiger charge is -2.18. The quantitative estimate of drug-likeness (QED) is 0.642. The number of ketones is 1. The van der Waals surface area contributed by atoms with Crippen LogP contribution < -0.4 is 0 Å². The number of Topliss-reactive ketones (excluding diaryl/α,β-unsaturated/α-hetero) is 1. The molecule has 24 heavy (non-hydrogen) atoms. The van der Waals surface area contributed by atoms with Crippen LogP contribution in [0.1, 0.15) is 22.8 Å². The Hall–Kier alpha value is -2.41. The average molecular weight is 340 g/mol. The van der Waals surface area contributed by atoms with Gasteiger partial charge in [-0.1, -0.05) is 30.3 Å². The SMILES string of the molecule is CCOCC(C(=O)O)C(=O)c1c(C(F)(F)F)ccc2ccccc12.